The molecule has 0 aliphatic rings. The second-order valence-electron chi connectivity index (χ2n) is 6.40. The van der Waals surface area contributed by atoms with E-state index in [2.05, 4.69) is 9.44 Å². The second kappa shape index (κ2) is 8.37. The highest BCUT2D eigenvalue weighted by Gasteiger charge is 2.19. The highest BCUT2D eigenvalue weighted by atomic mass is 35.5. The van der Waals surface area contributed by atoms with Gasteiger partial charge < -0.3 is 5.11 Å². The molecule has 148 valence electrons. The van der Waals surface area contributed by atoms with E-state index < -0.39 is 20.0 Å². The molecule has 0 radical (unpaired) electrons. The minimum Gasteiger partial charge on any atom is -0.506 e. The summed E-state index contributed by atoms with van der Waals surface area (Å²) in [6.07, 6.45) is 0.435. The molecule has 0 heterocycles. The molecule has 0 aliphatic heterocycles. The van der Waals surface area contributed by atoms with Crippen LogP contribution in [0.5, 0.6) is 5.75 Å². The van der Waals surface area contributed by atoms with Crippen LogP contribution in [-0.2, 0) is 20.0 Å². The Balaban J connectivity index is 2.28. The zero-order chi connectivity index (χ0) is 20.2. The number of nitrogens with one attached hydrogen (secondary N) is 2. The van der Waals surface area contributed by atoms with Gasteiger partial charge in [-0.1, -0.05) is 31.5 Å². The third-order valence-corrected chi connectivity index (χ3v) is 6.50. The van der Waals surface area contributed by atoms with Gasteiger partial charge in [0.2, 0.25) is 10.0 Å². The highest BCUT2D eigenvalue weighted by molar-refractivity contribution is 7.93. The van der Waals surface area contributed by atoms with Gasteiger partial charge in [-0.2, -0.15) is 0 Å². The number of anilines is 2. The molecule has 0 unspecified atom stereocenters. The number of phenols is 1. The van der Waals surface area contributed by atoms with Crippen molar-refractivity contribution in [2.75, 3.05) is 15.2 Å². The molecule has 2 rings (SSSR count). The molecule has 0 fully saturated rings. The van der Waals surface area contributed by atoms with E-state index in [1.54, 1.807) is 12.1 Å². The SMILES string of the molecule is CC(C)CCS(=O)(=O)Nc1cc(S(=O)(=O)Nc2cccc(Cl)c2)ccc1O. The van der Waals surface area contributed by atoms with Crippen LogP contribution < -0.4 is 9.44 Å². The minimum atomic E-state index is -4.01. The fourth-order valence-electron chi connectivity index (χ4n) is 2.14. The molecule has 0 spiro atoms. The summed E-state index contributed by atoms with van der Waals surface area (Å²) in [5.74, 6) is -0.324. The molecule has 2 aromatic carbocycles. The lowest BCUT2D eigenvalue weighted by Gasteiger charge is -2.13. The zero-order valence-electron chi connectivity index (χ0n) is 14.8. The van der Waals surface area contributed by atoms with Gasteiger partial charge in [-0.05, 0) is 48.7 Å². The fraction of sp³-hybridized carbons (Fsp3) is 0.294. The summed E-state index contributed by atoms with van der Waals surface area (Å²) < 4.78 is 54.0. The van der Waals surface area contributed by atoms with Gasteiger partial charge in [0.1, 0.15) is 5.75 Å². The van der Waals surface area contributed by atoms with Crippen molar-refractivity contribution < 1.29 is 21.9 Å². The van der Waals surface area contributed by atoms with Crippen LogP contribution >= 0.6 is 11.6 Å². The van der Waals surface area contributed by atoms with Gasteiger partial charge in [-0.25, -0.2) is 16.8 Å². The van der Waals surface area contributed by atoms with Crippen molar-refractivity contribution in [3.05, 3.63) is 47.5 Å². The number of halogens is 1. The number of aromatic hydroxyl groups is 1. The van der Waals surface area contributed by atoms with Gasteiger partial charge in [0.05, 0.1) is 22.0 Å². The van der Waals surface area contributed by atoms with Crippen LogP contribution in [0.1, 0.15) is 20.3 Å². The second-order valence-corrected chi connectivity index (χ2v) is 10.4. The van der Waals surface area contributed by atoms with Crippen LogP contribution in [0, 0.1) is 5.92 Å². The Bertz CT molecular complexity index is 1020. The maximum atomic E-state index is 12.5. The fourth-order valence-corrected chi connectivity index (χ4v) is 4.79. The van der Waals surface area contributed by atoms with Crippen LogP contribution in [0.4, 0.5) is 11.4 Å². The predicted molar refractivity (Wildman–Crippen MR) is 107 cm³/mol. The van der Waals surface area contributed by atoms with Crippen molar-refractivity contribution in [3.8, 4) is 5.75 Å². The van der Waals surface area contributed by atoms with E-state index in [-0.39, 0.29) is 33.7 Å². The van der Waals surface area contributed by atoms with Gasteiger partial charge in [-0.15, -0.1) is 0 Å². The average Bonchev–Trinajstić information content (AvgIpc) is 2.54. The quantitative estimate of drug-likeness (QED) is 0.551. The molecule has 0 aliphatic carbocycles. The van der Waals surface area contributed by atoms with E-state index >= 15 is 0 Å². The van der Waals surface area contributed by atoms with Crippen molar-refractivity contribution in [3.63, 3.8) is 0 Å². The molecule has 0 atom stereocenters. The third kappa shape index (κ3) is 6.30. The van der Waals surface area contributed by atoms with E-state index in [9.17, 15) is 21.9 Å². The molecule has 0 saturated heterocycles. The minimum absolute atomic E-state index is 0.137. The Hall–Kier alpha value is -1.97. The summed E-state index contributed by atoms with van der Waals surface area (Å²) >= 11 is 5.85. The maximum absolute atomic E-state index is 12.5. The summed E-state index contributed by atoms with van der Waals surface area (Å²) in [6, 6.07) is 9.51. The summed E-state index contributed by atoms with van der Waals surface area (Å²) in [5.41, 5.74) is 0.0577. The standard InChI is InChI=1S/C17H21ClN2O5S2/c1-12(2)8-9-26(22,23)20-16-11-15(6-7-17(16)21)27(24,25)19-14-5-3-4-13(18)10-14/h3-7,10-12,19-21H,8-9H2,1-2H3. The highest BCUT2D eigenvalue weighted by Crippen LogP contribution is 2.29. The average molecular weight is 433 g/mol. The van der Waals surface area contributed by atoms with Crippen LogP contribution in [0.25, 0.3) is 0 Å². The Labute approximate surface area is 164 Å². The zero-order valence-corrected chi connectivity index (χ0v) is 17.2. The van der Waals surface area contributed by atoms with E-state index in [0.29, 0.717) is 11.4 Å². The smallest absolute Gasteiger partial charge is 0.261 e. The van der Waals surface area contributed by atoms with Crippen molar-refractivity contribution in [1.82, 2.24) is 0 Å². The summed E-state index contributed by atoms with van der Waals surface area (Å²) in [7, 11) is -7.73. The summed E-state index contributed by atoms with van der Waals surface area (Å²) in [4.78, 5) is -0.207. The largest absolute Gasteiger partial charge is 0.506 e. The van der Waals surface area contributed by atoms with Gasteiger partial charge in [-0.3, -0.25) is 9.44 Å². The van der Waals surface area contributed by atoms with Crippen molar-refractivity contribution in [2.24, 2.45) is 5.92 Å². The molecule has 7 nitrogen and oxygen atoms in total. The van der Waals surface area contributed by atoms with Crippen molar-refractivity contribution >= 4 is 43.0 Å². The summed E-state index contributed by atoms with van der Waals surface area (Å²) in [5, 5.41) is 10.3. The van der Waals surface area contributed by atoms with Crippen molar-refractivity contribution in [1.29, 1.82) is 0 Å². The third-order valence-electron chi connectivity index (χ3n) is 3.58. The Morgan fingerprint density at radius 1 is 1.04 bits per heavy atom. The molecule has 0 saturated carbocycles. The molecule has 0 bridgehead atoms. The number of hydrogen-bond donors (Lipinski definition) is 3. The number of rotatable bonds is 8. The molecule has 0 aromatic heterocycles. The van der Waals surface area contributed by atoms with Crippen LogP contribution in [-0.4, -0.2) is 27.7 Å². The van der Waals surface area contributed by atoms with Gasteiger partial charge in [0.25, 0.3) is 10.0 Å². The first kappa shape index (κ1) is 21.3. The van der Waals surface area contributed by atoms with Crippen molar-refractivity contribution in [2.45, 2.75) is 25.2 Å². The monoisotopic (exact) mass is 432 g/mol. The van der Waals surface area contributed by atoms with E-state index in [1.165, 1.54) is 18.2 Å². The number of sulfonamides is 2. The van der Waals surface area contributed by atoms with E-state index in [1.807, 2.05) is 13.8 Å². The molecule has 0 amide bonds. The van der Waals surface area contributed by atoms with E-state index in [0.717, 1.165) is 12.1 Å². The Morgan fingerprint density at radius 2 is 1.74 bits per heavy atom. The molecule has 3 N–H and O–H groups in total. The molecular formula is C17H21ClN2O5S2. The predicted octanol–water partition coefficient (Wildman–Crippen LogP) is 3.63. The van der Waals surface area contributed by atoms with Crippen LogP contribution in [0.15, 0.2) is 47.4 Å². The first-order valence-electron chi connectivity index (χ1n) is 8.10. The lowest BCUT2D eigenvalue weighted by Crippen LogP contribution is -2.19. The molecule has 10 heteroatoms. The molecule has 27 heavy (non-hydrogen) atoms. The first-order valence-corrected chi connectivity index (χ1v) is 11.6. The summed E-state index contributed by atoms with van der Waals surface area (Å²) in [6.45, 7) is 3.78. The Morgan fingerprint density at radius 3 is 2.37 bits per heavy atom. The van der Waals surface area contributed by atoms with E-state index in [4.69, 9.17) is 11.6 Å². The first-order chi connectivity index (χ1) is 12.5. The number of hydrogen-bond acceptors (Lipinski definition) is 5. The van der Waals surface area contributed by atoms with Gasteiger partial charge >= 0.3 is 0 Å². The lowest BCUT2D eigenvalue weighted by molar-refractivity contribution is 0.477. The Kier molecular flexibility index (Phi) is 6.61. The van der Waals surface area contributed by atoms with Crippen LogP contribution in [0.3, 0.4) is 0 Å². The van der Waals surface area contributed by atoms with Crippen LogP contribution in [0.2, 0.25) is 5.02 Å². The normalized spacial score (nSPS) is 12.1. The number of benzene rings is 2. The van der Waals surface area contributed by atoms with Gasteiger partial charge in [0, 0.05) is 5.02 Å². The number of phenolic OH excluding ortho intramolecular Hbond substituents is 1. The molecule has 2 aromatic rings. The topological polar surface area (TPSA) is 113 Å². The van der Waals surface area contributed by atoms with Gasteiger partial charge in [0.15, 0.2) is 0 Å². The molecular weight excluding hydrogens is 412 g/mol. The lowest BCUT2D eigenvalue weighted by atomic mass is 10.2. The maximum Gasteiger partial charge on any atom is 0.261 e.